The SMILES string of the molecule is COc1cc(/C=C2\SC(=O)N(Cc3ccc(C)cc3)C2=O)cc(Br)c1OCc1ccccc1. The van der Waals surface area contributed by atoms with Crippen molar-refractivity contribution in [1.29, 1.82) is 0 Å². The lowest BCUT2D eigenvalue weighted by atomic mass is 10.1. The van der Waals surface area contributed by atoms with Gasteiger partial charge in [0.25, 0.3) is 11.1 Å². The van der Waals surface area contributed by atoms with Crippen molar-refractivity contribution in [2.24, 2.45) is 0 Å². The maximum atomic E-state index is 12.9. The Labute approximate surface area is 205 Å². The van der Waals surface area contributed by atoms with E-state index in [0.29, 0.717) is 27.5 Å². The normalized spacial score (nSPS) is 14.8. The average Bonchev–Trinajstić information content (AvgIpc) is 3.07. The molecule has 0 spiro atoms. The number of thioether (sulfide) groups is 1. The highest BCUT2D eigenvalue weighted by molar-refractivity contribution is 9.10. The van der Waals surface area contributed by atoms with E-state index in [1.807, 2.05) is 67.6 Å². The van der Waals surface area contributed by atoms with Crippen molar-refractivity contribution >= 4 is 44.9 Å². The van der Waals surface area contributed by atoms with Crippen LogP contribution in [0.3, 0.4) is 0 Å². The summed E-state index contributed by atoms with van der Waals surface area (Å²) >= 11 is 4.49. The largest absolute Gasteiger partial charge is 0.493 e. The van der Waals surface area contributed by atoms with Crippen LogP contribution in [0.4, 0.5) is 4.79 Å². The van der Waals surface area contributed by atoms with Crippen LogP contribution in [0, 0.1) is 6.92 Å². The first kappa shape index (κ1) is 23.1. The lowest BCUT2D eigenvalue weighted by Gasteiger charge is -2.14. The van der Waals surface area contributed by atoms with Crippen LogP contribution in [0.1, 0.15) is 22.3 Å². The van der Waals surface area contributed by atoms with Crippen molar-refractivity contribution in [1.82, 2.24) is 4.90 Å². The zero-order valence-corrected chi connectivity index (χ0v) is 20.6. The molecule has 0 aromatic heterocycles. The van der Waals surface area contributed by atoms with Crippen LogP contribution >= 0.6 is 27.7 Å². The van der Waals surface area contributed by atoms with Gasteiger partial charge in [0.05, 0.1) is 23.0 Å². The number of methoxy groups -OCH3 is 1. The van der Waals surface area contributed by atoms with Crippen LogP contribution in [0.2, 0.25) is 0 Å². The summed E-state index contributed by atoms with van der Waals surface area (Å²) in [4.78, 5) is 27.0. The summed E-state index contributed by atoms with van der Waals surface area (Å²) in [7, 11) is 1.57. The summed E-state index contributed by atoms with van der Waals surface area (Å²) in [6, 6.07) is 21.3. The number of hydrogen-bond acceptors (Lipinski definition) is 5. The predicted octanol–water partition coefficient (Wildman–Crippen LogP) is 6.58. The number of rotatable bonds is 7. The Hall–Kier alpha value is -3.03. The predicted molar refractivity (Wildman–Crippen MR) is 134 cm³/mol. The second kappa shape index (κ2) is 10.3. The minimum Gasteiger partial charge on any atom is -0.493 e. The molecule has 1 aliphatic heterocycles. The molecule has 4 rings (SSSR count). The van der Waals surface area contributed by atoms with E-state index in [-0.39, 0.29) is 17.7 Å². The summed E-state index contributed by atoms with van der Waals surface area (Å²) in [6.07, 6.45) is 1.70. The molecular weight excluding hydrogens is 502 g/mol. The zero-order chi connectivity index (χ0) is 23.4. The van der Waals surface area contributed by atoms with E-state index in [0.717, 1.165) is 34.0 Å². The standard InChI is InChI=1S/C26H22BrNO4S/c1-17-8-10-18(11-9-17)15-28-25(29)23(33-26(28)30)14-20-12-21(27)24(22(13-20)31-2)32-16-19-6-4-3-5-7-19/h3-14H,15-16H2,1-2H3/b23-14-. The number of imide groups is 1. The van der Waals surface area contributed by atoms with Gasteiger partial charge in [0.15, 0.2) is 11.5 Å². The molecule has 0 N–H and O–H groups in total. The Morgan fingerprint density at radius 2 is 1.73 bits per heavy atom. The lowest BCUT2D eigenvalue weighted by molar-refractivity contribution is -0.123. The summed E-state index contributed by atoms with van der Waals surface area (Å²) in [5, 5.41) is -0.277. The Balaban J connectivity index is 1.53. The number of amides is 2. The van der Waals surface area contributed by atoms with E-state index in [1.54, 1.807) is 19.3 Å². The molecule has 0 saturated carbocycles. The molecule has 0 bridgehead atoms. The fourth-order valence-corrected chi connectivity index (χ4v) is 4.77. The van der Waals surface area contributed by atoms with E-state index < -0.39 is 0 Å². The van der Waals surface area contributed by atoms with Crippen molar-refractivity contribution < 1.29 is 19.1 Å². The molecule has 1 fully saturated rings. The molecule has 1 aliphatic rings. The molecule has 168 valence electrons. The Morgan fingerprint density at radius 1 is 1.00 bits per heavy atom. The molecule has 0 radical (unpaired) electrons. The number of aryl methyl sites for hydroxylation is 1. The maximum Gasteiger partial charge on any atom is 0.293 e. The van der Waals surface area contributed by atoms with Crippen LogP contribution in [0.5, 0.6) is 11.5 Å². The van der Waals surface area contributed by atoms with Gasteiger partial charge in [-0.05, 0) is 69.5 Å². The van der Waals surface area contributed by atoms with Gasteiger partial charge >= 0.3 is 0 Å². The van der Waals surface area contributed by atoms with Gasteiger partial charge in [-0.1, -0.05) is 60.2 Å². The fourth-order valence-electron chi connectivity index (χ4n) is 3.36. The van der Waals surface area contributed by atoms with E-state index in [2.05, 4.69) is 15.9 Å². The van der Waals surface area contributed by atoms with Gasteiger partial charge in [0, 0.05) is 0 Å². The molecule has 2 amide bonds. The molecule has 3 aromatic rings. The third-order valence-electron chi connectivity index (χ3n) is 5.11. The Morgan fingerprint density at radius 3 is 2.42 bits per heavy atom. The average molecular weight is 524 g/mol. The highest BCUT2D eigenvalue weighted by Crippen LogP contribution is 2.39. The van der Waals surface area contributed by atoms with Gasteiger partial charge in [-0.15, -0.1) is 0 Å². The number of halogens is 1. The van der Waals surface area contributed by atoms with Gasteiger partial charge < -0.3 is 9.47 Å². The monoisotopic (exact) mass is 523 g/mol. The van der Waals surface area contributed by atoms with Crippen molar-refractivity contribution in [3.8, 4) is 11.5 Å². The second-order valence-corrected chi connectivity index (χ2v) is 9.41. The van der Waals surface area contributed by atoms with Gasteiger partial charge in [-0.3, -0.25) is 14.5 Å². The Bertz CT molecular complexity index is 1210. The van der Waals surface area contributed by atoms with E-state index in [4.69, 9.17) is 9.47 Å². The molecule has 0 aliphatic carbocycles. The van der Waals surface area contributed by atoms with Crippen molar-refractivity contribution in [3.63, 3.8) is 0 Å². The second-order valence-electron chi connectivity index (χ2n) is 7.56. The molecular formula is C26H22BrNO4S. The van der Waals surface area contributed by atoms with Crippen molar-refractivity contribution in [3.05, 3.63) is 98.4 Å². The van der Waals surface area contributed by atoms with Gasteiger partial charge in [0.2, 0.25) is 0 Å². The van der Waals surface area contributed by atoms with E-state index in [1.165, 1.54) is 4.90 Å². The molecule has 0 unspecified atom stereocenters. The summed E-state index contributed by atoms with van der Waals surface area (Å²) in [5.41, 5.74) is 3.81. The first-order valence-corrected chi connectivity index (χ1v) is 11.9. The molecule has 0 atom stereocenters. The molecule has 5 nitrogen and oxygen atoms in total. The highest BCUT2D eigenvalue weighted by Gasteiger charge is 2.35. The summed E-state index contributed by atoms with van der Waals surface area (Å²) < 4.78 is 12.2. The fraction of sp³-hybridized carbons (Fsp3) is 0.154. The van der Waals surface area contributed by atoms with E-state index >= 15 is 0 Å². The molecule has 7 heteroatoms. The van der Waals surface area contributed by atoms with Crippen LogP contribution in [-0.4, -0.2) is 23.2 Å². The van der Waals surface area contributed by atoms with Crippen LogP contribution < -0.4 is 9.47 Å². The maximum absolute atomic E-state index is 12.9. The molecule has 1 heterocycles. The van der Waals surface area contributed by atoms with Crippen LogP contribution in [0.15, 0.2) is 76.1 Å². The number of carbonyl (C=O) groups excluding carboxylic acids is 2. The third-order valence-corrected chi connectivity index (χ3v) is 6.61. The lowest BCUT2D eigenvalue weighted by Crippen LogP contribution is -2.27. The smallest absolute Gasteiger partial charge is 0.293 e. The minimum absolute atomic E-state index is 0.252. The van der Waals surface area contributed by atoms with Crippen LogP contribution in [0.25, 0.3) is 6.08 Å². The summed E-state index contributed by atoms with van der Waals surface area (Å²) in [5.74, 6) is 0.807. The minimum atomic E-state index is -0.301. The third kappa shape index (κ3) is 5.49. The summed E-state index contributed by atoms with van der Waals surface area (Å²) in [6.45, 7) is 2.64. The highest BCUT2D eigenvalue weighted by atomic mass is 79.9. The van der Waals surface area contributed by atoms with Crippen molar-refractivity contribution in [2.75, 3.05) is 7.11 Å². The van der Waals surface area contributed by atoms with Gasteiger partial charge in [-0.2, -0.15) is 0 Å². The molecule has 33 heavy (non-hydrogen) atoms. The van der Waals surface area contributed by atoms with Gasteiger partial charge in [-0.25, -0.2) is 0 Å². The number of carbonyl (C=O) groups is 2. The number of benzene rings is 3. The first-order chi connectivity index (χ1) is 15.9. The topological polar surface area (TPSA) is 55.8 Å². The van der Waals surface area contributed by atoms with Gasteiger partial charge in [0.1, 0.15) is 6.61 Å². The number of nitrogens with zero attached hydrogens (tertiary/aromatic N) is 1. The quantitative estimate of drug-likeness (QED) is 0.327. The van der Waals surface area contributed by atoms with E-state index in [9.17, 15) is 9.59 Å². The Kier molecular flexibility index (Phi) is 7.20. The van der Waals surface area contributed by atoms with Crippen molar-refractivity contribution in [2.45, 2.75) is 20.1 Å². The number of hydrogen-bond donors (Lipinski definition) is 0. The number of ether oxygens (including phenoxy) is 2. The van der Waals surface area contributed by atoms with Crippen LogP contribution in [-0.2, 0) is 17.9 Å². The first-order valence-electron chi connectivity index (χ1n) is 10.3. The zero-order valence-electron chi connectivity index (χ0n) is 18.2. The molecule has 1 saturated heterocycles. The molecule has 3 aromatic carbocycles.